The SMILES string of the molecule is CN1CCc2nc(NC(=O)[C@H]3C[C@H]3C(=O)Nc3ccc4cc(Cl)ccc4c3)sc2C1.Cl. The molecular weight excluding hydrogens is 455 g/mol. The Balaban J connectivity index is 0.00000231. The Morgan fingerprint density at radius 3 is 2.61 bits per heavy atom. The van der Waals surface area contributed by atoms with Gasteiger partial charge < -0.3 is 15.5 Å². The number of hydrogen-bond acceptors (Lipinski definition) is 5. The molecule has 1 fully saturated rings. The molecule has 1 saturated carbocycles. The molecule has 9 heteroatoms. The molecule has 2 N–H and O–H groups in total. The Morgan fingerprint density at radius 2 is 1.81 bits per heavy atom. The van der Waals surface area contributed by atoms with Gasteiger partial charge in [0, 0.05) is 35.1 Å². The highest BCUT2D eigenvalue weighted by molar-refractivity contribution is 7.15. The van der Waals surface area contributed by atoms with E-state index in [1.807, 2.05) is 36.4 Å². The van der Waals surface area contributed by atoms with Crippen molar-refractivity contribution in [3.8, 4) is 0 Å². The maximum Gasteiger partial charge on any atom is 0.230 e. The van der Waals surface area contributed by atoms with E-state index >= 15 is 0 Å². The average molecular weight is 477 g/mol. The van der Waals surface area contributed by atoms with Gasteiger partial charge in [-0.2, -0.15) is 0 Å². The van der Waals surface area contributed by atoms with Gasteiger partial charge in [0.05, 0.1) is 17.5 Å². The zero-order valence-corrected chi connectivity index (χ0v) is 19.2. The molecule has 31 heavy (non-hydrogen) atoms. The molecule has 0 unspecified atom stereocenters. The fraction of sp³-hybridized carbons (Fsp3) is 0.318. The number of benzene rings is 2. The van der Waals surface area contributed by atoms with Crippen LogP contribution in [0.4, 0.5) is 10.8 Å². The second-order valence-corrected chi connectivity index (χ2v) is 9.53. The first-order valence-electron chi connectivity index (χ1n) is 9.94. The number of fused-ring (bicyclic) bond motifs is 2. The molecule has 1 aromatic heterocycles. The molecule has 0 radical (unpaired) electrons. The first kappa shape index (κ1) is 22.0. The number of halogens is 2. The van der Waals surface area contributed by atoms with Crippen molar-refractivity contribution in [2.75, 3.05) is 24.2 Å². The standard InChI is InChI=1S/C22H21ClN4O2S.ClH/c1-27-7-6-18-19(11-27)30-22(25-18)26-21(29)17-10-16(17)20(28)24-15-5-3-12-8-14(23)4-2-13(12)9-15;/h2-5,8-9,16-17H,6-7,10-11H2,1H3,(H,24,28)(H,25,26,29);1H/t16-,17+;/m1./s1. The summed E-state index contributed by atoms with van der Waals surface area (Å²) in [6.45, 7) is 1.85. The van der Waals surface area contributed by atoms with Crippen LogP contribution in [0.25, 0.3) is 10.8 Å². The molecule has 0 saturated heterocycles. The van der Waals surface area contributed by atoms with E-state index in [0.29, 0.717) is 16.6 Å². The average Bonchev–Trinajstić information content (AvgIpc) is 3.43. The van der Waals surface area contributed by atoms with E-state index < -0.39 is 0 Å². The molecule has 5 rings (SSSR count). The Hall–Kier alpha value is -2.19. The molecule has 1 aliphatic carbocycles. The first-order chi connectivity index (χ1) is 14.5. The fourth-order valence-corrected chi connectivity index (χ4v) is 5.15. The topological polar surface area (TPSA) is 74.3 Å². The molecular formula is C22H22Cl2N4O2S. The van der Waals surface area contributed by atoms with Gasteiger partial charge >= 0.3 is 0 Å². The van der Waals surface area contributed by atoms with Crippen molar-refractivity contribution in [1.82, 2.24) is 9.88 Å². The molecule has 0 spiro atoms. The number of carbonyl (C=O) groups excluding carboxylic acids is 2. The summed E-state index contributed by atoms with van der Waals surface area (Å²) in [5.41, 5.74) is 1.80. The zero-order chi connectivity index (χ0) is 20.8. The third-order valence-electron chi connectivity index (χ3n) is 5.69. The molecule has 2 aliphatic rings. The predicted molar refractivity (Wildman–Crippen MR) is 127 cm³/mol. The number of anilines is 2. The van der Waals surface area contributed by atoms with Crippen LogP contribution >= 0.6 is 35.3 Å². The van der Waals surface area contributed by atoms with E-state index in [0.717, 1.165) is 41.7 Å². The summed E-state index contributed by atoms with van der Waals surface area (Å²) in [6.07, 6.45) is 1.47. The van der Waals surface area contributed by atoms with Crippen LogP contribution in [-0.2, 0) is 22.6 Å². The van der Waals surface area contributed by atoms with Gasteiger partial charge in [0.25, 0.3) is 0 Å². The summed E-state index contributed by atoms with van der Waals surface area (Å²) in [5, 5.41) is 9.18. The minimum atomic E-state index is -0.299. The molecule has 0 bridgehead atoms. The van der Waals surface area contributed by atoms with Crippen molar-refractivity contribution in [2.24, 2.45) is 11.8 Å². The van der Waals surface area contributed by atoms with Gasteiger partial charge in [-0.05, 0) is 48.5 Å². The molecule has 2 amide bonds. The van der Waals surface area contributed by atoms with Gasteiger partial charge in [-0.3, -0.25) is 9.59 Å². The smallest absolute Gasteiger partial charge is 0.230 e. The normalized spacial score (nSPS) is 19.9. The zero-order valence-electron chi connectivity index (χ0n) is 16.9. The minimum Gasteiger partial charge on any atom is -0.326 e. The maximum atomic E-state index is 12.6. The third kappa shape index (κ3) is 4.70. The van der Waals surface area contributed by atoms with Gasteiger partial charge in [0.15, 0.2) is 5.13 Å². The highest BCUT2D eigenvalue weighted by Gasteiger charge is 2.48. The summed E-state index contributed by atoms with van der Waals surface area (Å²) in [4.78, 5) is 33.2. The van der Waals surface area contributed by atoms with Crippen molar-refractivity contribution >= 4 is 68.8 Å². The number of carbonyl (C=O) groups is 2. The Morgan fingerprint density at radius 1 is 1.10 bits per heavy atom. The Bertz CT molecular complexity index is 1170. The van der Waals surface area contributed by atoms with E-state index in [1.165, 1.54) is 16.2 Å². The lowest BCUT2D eigenvalue weighted by molar-refractivity contribution is -0.122. The van der Waals surface area contributed by atoms with Gasteiger partial charge in [-0.25, -0.2) is 4.98 Å². The minimum absolute atomic E-state index is 0. The van der Waals surface area contributed by atoms with Gasteiger partial charge in [-0.1, -0.05) is 23.7 Å². The highest BCUT2D eigenvalue weighted by Crippen LogP contribution is 2.41. The summed E-state index contributed by atoms with van der Waals surface area (Å²) < 4.78 is 0. The summed E-state index contributed by atoms with van der Waals surface area (Å²) in [6, 6.07) is 11.3. The monoisotopic (exact) mass is 476 g/mol. The fourth-order valence-electron chi connectivity index (χ4n) is 3.88. The van der Waals surface area contributed by atoms with Crippen LogP contribution in [0.2, 0.25) is 5.02 Å². The van der Waals surface area contributed by atoms with Crippen LogP contribution in [0.5, 0.6) is 0 Å². The predicted octanol–water partition coefficient (Wildman–Crippen LogP) is 4.57. The second-order valence-electron chi connectivity index (χ2n) is 8.01. The van der Waals surface area contributed by atoms with E-state index in [2.05, 4.69) is 27.6 Å². The highest BCUT2D eigenvalue weighted by atomic mass is 35.5. The largest absolute Gasteiger partial charge is 0.326 e. The number of likely N-dealkylation sites (N-methyl/N-ethyl adjacent to an activating group) is 1. The van der Waals surface area contributed by atoms with Crippen LogP contribution in [-0.4, -0.2) is 35.3 Å². The number of amides is 2. The number of rotatable bonds is 4. The molecule has 1 aliphatic heterocycles. The van der Waals surface area contributed by atoms with Crippen LogP contribution in [0.15, 0.2) is 36.4 Å². The number of hydrogen-bond donors (Lipinski definition) is 2. The molecule has 2 atom stereocenters. The van der Waals surface area contributed by atoms with E-state index in [9.17, 15) is 9.59 Å². The third-order valence-corrected chi connectivity index (χ3v) is 6.92. The van der Waals surface area contributed by atoms with Crippen molar-refractivity contribution in [3.05, 3.63) is 52.0 Å². The summed E-state index contributed by atoms with van der Waals surface area (Å²) in [7, 11) is 2.08. The quantitative estimate of drug-likeness (QED) is 0.577. The van der Waals surface area contributed by atoms with Crippen molar-refractivity contribution in [1.29, 1.82) is 0 Å². The van der Waals surface area contributed by atoms with Crippen LogP contribution in [0.3, 0.4) is 0 Å². The molecule has 6 nitrogen and oxygen atoms in total. The van der Waals surface area contributed by atoms with Crippen LogP contribution in [0, 0.1) is 11.8 Å². The molecule has 2 heterocycles. The van der Waals surface area contributed by atoms with Gasteiger partial charge in [0.2, 0.25) is 11.8 Å². The number of nitrogens with zero attached hydrogens (tertiary/aromatic N) is 2. The number of nitrogens with one attached hydrogen (secondary N) is 2. The van der Waals surface area contributed by atoms with Gasteiger partial charge in [-0.15, -0.1) is 23.7 Å². The summed E-state index contributed by atoms with van der Waals surface area (Å²) in [5.74, 6) is -0.842. The lowest BCUT2D eigenvalue weighted by atomic mass is 10.1. The first-order valence-corrected chi connectivity index (χ1v) is 11.1. The van der Waals surface area contributed by atoms with Gasteiger partial charge in [0.1, 0.15) is 0 Å². The van der Waals surface area contributed by atoms with Crippen molar-refractivity contribution in [3.63, 3.8) is 0 Å². The lowest BCUT2D eigenvalue weighted by Gasteiger charge is -2.20. The second kappa shape index (κ2) is 8.74. The van der Waals surface area contributed by atoms with E-state index in [4.69, 9.17) is 11.6 Å². The van der Waals surface area contributed by atoms with Crippen molar-refractivity contribution < 1.29 is 9.59 Å². The Labute approximate surface area is 195 Å². The maximum absolute atomic E-state index is 12.6. The van der Waals surface area contributed by atoms with E-state index in [1.54, 1.807) is 0 Å². The van der Waals surface area contributed by atoms with Crippen LogP contribution < -0.4 is 10.6 Å². The number of thiazole rings is 1. The lowest BCUT2D eigenvalue weighted by Crippen LogP contribution is -2.25. The molecule has 2 aromatic carbocycles. The number of aromatic nitrogens is 1. The van der Waals surface area contributed by atoms with E-state index in [-0.39, 0.29) is 36.1 Å². The molecule has 3 aromatic rings. The van der Waals surface area contributed by atoms with Crippen LogP contribution in [0.1, 0.15) is 17.0 Å². The Kier molecular flexibility index (Phi) is 6.21. The molecule has 162 valence electrons. The summed E-state index contributed by atoms with van der Waals surface area (Å²) >= 11 is 7.55. The van der Waals surface area contributed by atoms with Crippen molar-refractivity contribution in [2.45, 2.75) is 19.4 Å².